The molecule has 22 heavy (non-hydrogen) atoms. The van der Waals surface area contributed by atoms with E-state index in [1.165, 1.54) is 18.4 Å². The lowest BCUT2D eigenvalue weighted by atomic mass is 9.90. The number of fused-ring (bicyclic) bond motifs is 1. The monoisotopic (exact) mass is 312 g/mol. The van der Waals surface area contributed by atoms with Crippen molar-refractivity contribution in [2.24, 2.45) is 0 Å². The molecule has 0 bridgehead atoms. The second-order valence-corrected chi connectivity index (χ2v) is 5.56. The molecule has 0 fully saturated rings. The number of carbonyl (C=O) groups is 2. The number of ether oxygens (including phenoxy) is 2. The van der Waals surface area contributed by atoms with Gasteiger partial charge in [0.2, 0.25) is 0 Å². The number of hydrogen-bond donors (Lipinski definition) is 0. The number of carbonyl (C=O) groups excluding carboxylic acids is 2. The third-order valence-electron chi connectivity index (χ3n) is 3.33. The van der Waals surface area contributed by atoms with E-state index in [4.69, 9.17) is 9.47 Å². The number of methoxy groups -OCH3 is 1. The number of rotatable bonds is 1. The Hall–Kier alpha value is -2.58. The molecule has 0 saturated carbocycles. The fraction of sp³-hybridized carbons (Fsp3) is 0.176. The van der Waals surface area contributed by atoms with E-state index in [1.807, 2.05) is 16.8 Å². The van der Waals surface area contributed by atoms with Gasteiger partial charge in [-0.05, 0) is 29.5 Å². The summed E-state index contributed by atoms with van der Waals surface area (Å²) in [5.74, 6) is 5.18. The molecule has 2 aromatic rings. The van der Waals surface area contributed by atoms with Crippen LogP contribution < -0.4 is 4.74 Å². The lowest BCUT2D eigenvalue weighted by Crippen LogP contribution is -2.48. The minimum atomic E-state index is -1.60. The number of thiophene rings is 1. The van der Waals surface area contributed by atoms with Gasteiger partial charge in [-0.3, -0.25) is 4.79 Å². The highest BCUT2D eigenvalue weighted by Crippen LogP contribution is 2.33. The first-order chi connectivity index (χ1) is 10.6. The molecule has 3 rings (SSSR count). The summed E-state index contributed by atoms with van der Waals surface area (Å²) in [6.07, 6.45) is -0.159. The highest BCUT2D eigenvalue weighted by molar-refractivity contribution is 7.08. The van der Waals surface area contributed by atoms with E-state index < -0.39 is 11.6 Å². The highest BCUT2D eigenvalue weighted by atomic mass is 32.1. The van der Waals surface area contributed by atoms with Crippen LogP contribution in [0.1, 0.15) is 22.3 Å². The van der Waals surface area contributed by atoms with Crippen molar-refractivity contribution in [1.29, 1.82) is 0 Å². The zero-order valence-electron chi connectivity index (χ0n) is 11.8. The van der Waals surface area contributed by atoms with Gasteiger partial charge in [-0.15, -0.1) is 0 Å². The van der Waals surface area contributed by atoms with E-state index >= 15 is 0 Å². The molecule has 0 spiro atoms. The van der Waals surface area contributed by atoms with Crippen LogP contribution in [0, 0.1) is 11.8 Å². The predicted molar refractivity (Wildman–Crippen MR) is 82.0 cm³/mol. The second-order valence-electron chi connectivity index (χ2n) is 4.78. The van der Waals surface area contributed by atoms with Crippen molar-refractivity contribution in [2.45, 2.75) is 12.0 Å². The van der Waals surface area contributed by atoms with E-state index in [0.717, 1.165) is 5.56 Å². The van der Waals surface area contributed by atoms with Crippen LogP contribution in [0.25, 0.3) is 0 Å². The fourth-order valence-electron chi connectivity index (χ4n) is 2.24. The van der Waals surface area contributed by atoms with Gasteiger partial charge >= 0.3 is 5.97 Å². The number of esters is 1. The van der Waals surface area contributed by atoms with Crippen molar-refractivity contribution in [1.82, 2.24) is 0 Å². The van der Waals surface area contributed by atoms with Crippen LogP contribution in [-0.4, -0.2) is 24.5 Å². The van der Waals surface area contributed by atoms with Gasteiger partial charge in [0, 0.05) is 10.9 Å². The molecule has 1 aliphatic heterocycles. The van der Waals surface area contributed by atoms with Gasteiger partial charge in [0.05, 0.1) is 19.1 Å². The Kier molecular flexibility index (Phi) is 3.70. The van der Waals surface area contributed by atoms with Gasteiger partial charge in [0.25, 0.3) is 5.60 Å². The summed E-state index contributed by atoms with van der Waals surface area (Å²) in [4.78, 5) is 24.5. The van der Waals surface area contributed by atoms with Crippen molar-refractivity contribution in [3.05, 3.63) is 52.2 Å². The fourth-order valence-corrected chi connectivity index (χ4v) is 2.83. The molecule has 2 heterocycles. The number of ketones is 1. The van der Waals surface area contributed by atoms with Gasteiger partial charge in [0.15, 0.2) is 5.78 Å². The Labute approximate surface area is 131 Å². The van der Waals surface area contributed by atoms with E-state index in [9.17, 15) is 9.59 Å². The molecule has 1 atom stereocenters. The maximum Gasteiger partial charge on any atom is 0.363 e. The zero-order chi connectivity index (χ0) is 15.6. The first-order valence-corrected chi connectivity index (χ1v) is 7.54. The molecule has 0 amide bonds. The van der Waals surface area contributed by atoms with Crippen molar-refractivity contribution < 1.29 is 19.1 Å². The molecular formula is C17H12O4S. The Morgan fingerprint density at radius 3 is 2.91 bits per heavy atom. The third kappa shape index (κ3) is 2.49. The number of para-hydroxylation sites is 1. The maximum atomic E-state index is 12.3. The quantitative estimate of drug-likeness (QED) is 0.600. The topological polar surface area (TPSA) is 52.6 Å². The molecule has 0 saturated heterocycles. The summed E-state index contributed by atoms with van der Waals surface area (Å²) in [6, 6.07) is 8.65. The molecule has 5 heteroatoms. The van der Waals surface area contributed by atoms with E-state index in [2.05, 4.69) is 11.8 Å². The van der Waals surface area contributed by atoms with Crippen molar-refractivity contribution in [3.8, 4) is 17.6 Å². The smallest absolute Gasteiger partial charge is 0.363 e. The molecule has 1 aromatic carbocycles. The highest BCUT2D eigenvalue weighted by Gasteiger charge is 2.47. The van der Waals surface area contributed by atoms with Crippen LogP contribution in [0.5, 0.6) is 5.75 Å². The van der Waals surface area contributed by atoms with Crippen LogP contribution in [-0.2, 0) is 9.53 Å². The van der Waals surface area contributed by atoms with Gasteiger partial charge in [-0.1, -0.05) is 18.1 Å². The molecular weight excluding hydrogens is 300 g/mol. The minimum Gasteiger partial charge on any atom is -0.465 e. The SMILES string of the molecule is COC(=O)[C@]1(C#Cc2ccsc2)CC(=O)c2ccccc2O1. The molecule has 0 unspecified atom stereocenters. The van der Waals surface area contributed by atoms with Gasteiger partial charge in [0.1, 0.15) is 5.75 Å². The Morgan fingerprint density at radius 1 is 1.36 bits per heavy atom. The number of benzene rings is 1. The molecule has 110 valence electrons. The number of Topliss-reactive ketones (excluding diaryl/α,β-unsaturated/α-hetero) is 1. The van der Waals surface area contributed by atoms with E-state index in [0.29, 0.717) is 11.3 Å². The third-order valence-corrected chi connectivity index (χ3v) is 4.01. The van der Waals surface area contributed by atoms with Crippen LogP contribution in [0.4, 0.5) is 0 Å². The second kappa shape index (κ2) is 5.66. The van der Waals surface area contributed by atoms with Crippen LogP contribution in [0.3, 0.4) is 0 Å². The summed E-state index contributed by atoms with van der Waals surface area (Å²) < 4.78 is 10.6. The van der Waals surface area contributed by atoms with Gasteiger partial charge in [-0.25, -0.2) is 4.79 Å². The Bertz CT molecular complexity index is 782. The summed E-state index contributed by atoms with van der Waals surface area (Å²) in [5, 5.41) is 3.74. The summed E-state index contributed by atoms with van der Waals surface area (Å²) in [7, 11) is 1.25. The molecule has 4 nitrogen and oxygen atoms in total. The molecule has 1 aromatic heterocycles. The first kappa shape index (κ1) is 14.4. The van der Waals surface area contributed by atoms with Crippen LogP contribution in [0.15, 0.2) is 41.1 Å². The normalized spacial score (nSPS) is 19.4. The van der Waals surface area contributed by atoms with E-state index in [-0.39, 0.29) is 12.2 Å². The molecule has 1 aliphatic rings. The largest absolute Gasteiger partial charge is 0.465 e. The minimum absolute atomic E-state index is 0.159. The average molecular weight is 312 g/mol. The average Bonchev–Trinajstić information content (AvgIpc) is 3.05. The van der Waals surface area contributed by atoms with E-state index in [1.54, 1.807) is 24.3 Å². The predicted octanol–water partition coefficient (Wildman–Crippen LogP) is 2.68. The van der Waals surface area contributed by atoms with Gasteiger partial charge in [-0.2, -0.15) is 11.3 Å². The van der Waals surface area contributed by atoms with Gasteiger partial charge < -0.3 is 9.47 Å². The standard InChI is InChI=1S/C17H12O4S/c1-20-16(19)17(8-6-12-7-9-22-11-12)10-14(18)13-4-2-3-5-15(13)21-17/h2-5,7,9,11H,10H2,1H3/t17-/m0/s1. The Morgan fingerprint density at radius 2 is 2.18 bits per heavy atom. The zero-order valence-corrected chi connectivity index (χ0v) is 12.6. The Balaban J connectivity index is 2.06. The lowest BCUT2D eigenvalue weighted by molar-refractivity contribution is -0.154. The number of hydrogen-bond acceptors (Lipinski definition) is 5. The summed E-state index contributed by atoms with van der Waals surface area (Å²) in [5.41, 5.74) is -0.371. The van der Waals surface area contributed by atoms with Crippen LogP contribution >= 0.6 is 11.3 Å². The van der Waals surface area contributed by atoms with Crippen molar-refractivity contribution in [2.75, 3.05) is 7.11 Å². The summed E-state index contributed by atoms with van der Waals surface area (Å²) >= 11 is 1.50. The maximum absolute atomic E-state index is 12.3. The lowest BCUT2D eigenvalue weighted by Gasteiger charge is -2.31. The molecule has 0 aliphatic carbocycles. The van der Waals surface area contributed by atoms with Crippen molar-refractivity contribution >= 4 is 23.1 Å². The van der Waals surface area contributed by atoms with Crippen molar-refractivity contribution in [3.63, 3.8) is 0 Å². The molecule has 0 N–H and O–H groups in total. The first-order valence-electron chi connectivity index (χ1n) is 6.60. The molecule has 0 radical (unpaired) electrons. The van der Waals surface area contributed by atoms with Crippen LogP contribution in [0.2, 0.25) is 0 Å². The summed E-state index contributed by atoms with van der Waals surface area (Å²) in [6.45, 7) is 0.